The van der Waals surface area contributed by atoms with Gasteiger partial charge in [-0.2, -0.15) is 0 Å². The van der Waals surface area contributed by atoms with Gasteiger partial charge in [0, 0.05) is 0 Å². The van der Waals surface area contributed by atoms with E-state index in [9.17, 15) is 21.6 Å². The molecule has 0 spiro atoms. The smallest absolute Gasteiger partial charge is 0.497 e. The van der Waals surface area contributed by atoms with Crippen molar-refractivity contribution < 1.29 is 31.1 Å². The molecule has 0 atom stereocenters. The Kier molecular flexibility index (Phi) is 6.21. The van der Waals surface area contributed by atoms with E-state index in [1.165, 1.54) is 11.4 Å². The number of hydrogen-bond donors (Lipinski definition) is 0. The maximum Gasteiger partial charge on any atom is 0.573 e. The van der Waals surface area contributed by atoms with Crippen molar-refractivity contribution in [3.05, 3.63) is 84.4 Å². The maximum atomic E-state index is 13.3. The molecule has 158 valence electrons. The molecule has 0 unspecified atom stereocenters. The number of benzene rings is 3. The van der Waals surface area contributed by atoms with Gasteiger partial charge in [0.25, 0.3) is 10.0 Å². The molecule has 0 saturated carbocycles. The van der Waals surface area contributed by atoms with Gasteiger partial charge in [-0.15, -0.1) is 13.2 Å². The Morgan fingerprint density at radius 3 is 1.93 bits per heavy atom. The molecule has 0 heterocycles. The van der Waals surface area contributed by atoms with Crippen molar-refractivity contribution in [2.45, 2.75) is 17.8 Å². The fourth-order valence-electron chi connectivity index (χ4n) is 2.75. The van der Waals surface area contributed by atoms with Crippen molar-refractivity contribution >= 4 is 15.7 Å². The van der Waals surface area contributed by atoms with Crippen LogP contribution in [0.3, 0.4) is 0 Å². The first-order chi connectivity index (χ1) is 14.2. The SMILES string of the molecule is COc1ccc(N(Cc2ccccc2)S(=O)(=O)c2ccc(OC(F)(F)F)cc2)cc1. The predicted octanol–water partition coefficient (Wildman–Crippen LogP) is 4.99. The van der Waals surface area contributed by atoms with E-state index in [0.717, 1.165) is 29.8 Å². The fourth-order valence-corrected chi connectivity index (χ4v) is 4.21. The van der Waals surface area contributed by atoms with E-state index >= 15 is 0 Å². The Morgan fingerprint density at radius 2 is 1.40 bits per heavy atom. The molecule has 3 aromatic carbocycles. The number of alkyl halides is 3. The highest BCUT2D eigenvalue weighted by Gasteiger charge is 2.31. The van der Waals surface area contributed by atoms with Crippen LogP contribution in [0.5, 0.6) is 11.5 Å². The van der Waals surface area contributed by atoms with Crippen LogP contribution in [0.4, 0.5) is 18.9 Å². The number of hydrogen-bond acceptors (Lipinski definition) is 4. The van der Waals surface area contributed by atoms with Crippen molar-refractivity contribution in [1.82, 2.24) is 0 Å². The van der Waals surface area contributed by atoms with Gasteiger partial charge in [-0.05, 0) is 54.1 Å². The maximum absolute atomic E-state index is 13.3. The van der Waals surface area contributed by atoms with Gasteiger partial charge in [0.05, 0.1) is 24.2 Å². The van der Waals surface area contributed by atoms with Crippen molar-refractivity contribution in [2.75, 3.05) is 11.4 Å². The first-order valence-electron chi connectivity index (χ1n) is 8.75. The Morgan fingerprint density at radius 1 is 0.833 bits per heavy atom. The zero-order valence-electron chi connectivity index (χ0n) is 15.8. The van der Waals surface area contributed by atoms with E-state index in [1.54, 1.807) is 48.5 Å². The summed E-state index contributed by atoms with van der Waals surface area (Å²) in [6.07, 6.45) is -4.86. The summed E-state index contributed by atoms with van der Waals surface area (Å²) in [6.45, 7) is 0.0380. The molecule has 0 saturated heterocycles. The highest BCUT2D eigenvalue weighted by molar-refractivity contribution is 7.92. The van der Waals surface area contributed by atoms with E-state index in [2.05, 4.69) is 4.74 Å². The average molecular weight is 437 g/mol. The highest BCUT2D eigenvalue weighted by atomic mass is 32.2. The van der Waals surface area contributed by atoms with Crippen molar-refractivity contribution in [2.24, 2.45) is 0 Å². The van der Waals surface area contributed by atoms with E-state index in [4.69, 9.17) is 4.74 Å². The van der Waals surface area contributed by atoms with Crippen LogP contribution in [0.25, 0.3) is 0 Å². The Balaban J connectivity index is 1.98. The van der Waals surface area contributed by atoms with Crippen LogP contribution < -0.4 is 13.8 Å². The van der Waals surface area contributed by atoms with Crippen LogP contribution in [0.15, 0.2) is 83.8 Å². The first kappa shape index (κ1) is 21.5. The largest absolute Gasteiger partial charge is 0.573 e. The number of anilines is 1. The third-order valence-corrected chi connectivity index (χ3v) is 5.96. The third-order valence-electron chi connectivity index (χ3n) is 4.17. The van der Waals surface area contributed by atoms with Gasteiger partial charge in [0.1, 0.15) is 11.5 Å². The number of ether oxygens (including phenoxy) is 2. The molecule has 0 bridgehead atoms. The molecule has 30 heavy (non-hydrogen) atoms. The van der Waals surface area contributed by atoms with Gasteiger partial charge in [-0.25, -0.2) is 8.42 Å². The van der Waals surface area contributed by atoms with Crippen LogP contribution in [-0.4, -0.2) is 21.9 Å². The third kappa shape index (κ3) is 5.24. The molecule has 0 radical (unpaired) electrons. The summed E-state index contributed by atoms with van der Waals surface area (Å²) in [5.74, 6) is 0.0602. The molecule has 3 aromatic rings. The number of rotatable bonds is 7. The molecule has 0 N–H and O–H groups in total. The van der Waals surface area contributed by atoms with Gasteiger partial charge < -0.3 is 9.47 Å². The topological polar surface area (TPSA) is 55.8 Å². The molecule has 9 heteroatoms. The second kappa shape index (κ2) is 8.66. The summed E-state index contributed by atoms with van der Waals surface area (Å²) in [7, 11) is -2.58. The number of methoxy groups -OCH3 is 1. The molecule has 0 fully saturated rings. The Labute approximate surface area is 172 Å². The van der Waals surface area contributed by atoms with Crippen molar-refractivity contribution in [3.8, 4) is 11.5 Å². The summed E-state index contributed by atoms with van der Waals surface area (Å²) in [4.78, 5) is -0.163. The number of nitrogens with zero attached hydrogens (tertiary/aromatic N) is 1. The predicted molar refractivity (Wildman–Crippen MR) is 106 cm³/mol. The van der Waals surface area contributed by atoms with E-state index < -0.39 is 22.1 Å². The monoisotopic (exact) mass is 437 g/mol. The van der Waals surface area contributed by atoms with Gasteiger partial charge in [0.2, 0.25) is 0 Å². The van der Waals surface area contributed by atoms with Gasteiger partial charge >= 0.3 is 6.36 Å². The zero-order valence-corrected chi connectivity index (χ0v) is 16.7. The molecule has 0 aliphatic carbocycles. The van der Waals surface area contributed by atoms with E-state index in [0.29, 0.717) is 11.4 Å². The first-order valence-corrected chi connectivity index (χ1v) is 10.2. The Hall–Kier alpha value is -3.20. The Bertz CT molecular complexity index is 1070. The fraction of sp³-hybridized carbons (Fsp3) is 0.143. The zero-order chi connectivity index (χ0) is 21.8. The van der Waals surface area contributed by atoms with E-state index in [-0.39, 0.29) is 11.4 Å². The lowest BCUT2D eigenvalue weighted by atomic mass is 10.2. The second-order valence-electron chi connectivity index (χ2n) is 6.21. The standard InChI is InChI=1S/C21H18F3NO4S/c1-28-18-9-7-17(8-10-18)25(15-16-5-3-2-4-6-16)30(26,27)20-13-11-19(12-14-20)29-21(22,23)24/h2-14H,15H2,1H3. The normalized spacial score (nSPS) is 11.7. The molecule has 5 nitrogen and oxygen atoms in total. The summed E-state index contributed by atoms with van der Waals surface area (Å²) in [6, 6.07) is 19.5. The lowest BCUT2D eigenvalue weighted by Crippen LogP contribution is -2.30. The number of sulfonamides is 1. The summed E-state index contributed by atoms with van der Waals surface area (Å²) >= 11 is 0. The lowest BCUT2D eigenvalue weighted by Gasteiger charge is -2.25. The number of halogens is 3. The second-order valence-corrected chi connectivity index (χ2v) is 8.08. The summed E-state index contributed by atoms with van der Waals surface area (Å²) in [5, 5.41) is 0. The minimum Gasteiger partial charge on any atom is -0.497 e. The van der Waals surface area contributed by atoms with Crippen LogP contribution in [0.1, 0.15) is 5.56 Å². The molecular formula is C21H18F3NO4S. The van der Waals surface area contributed by atoms with Crippen LogP contribution in [0.2, 0.25) is 0 Å². The average Bonchev–Trinajstić information content (AvgIpc) is 2.72. The highest BCUT2D eigenvalue weighted by Crippen LogP contribution is 2.29. The molecule has 0 aliphatic heterocycles. The van der Waals surface area contributed by atoms with Crippen LogP contribution in [0, 0.1) is 0 Å². The minimum atomic E-state index is -4.86. The lowest BCUT2D eigenvalue weighted by molar-refractivity contribution is -0.274. The summed E-state index contributed by atoms with van der Waals surface area (Å²) < 4.78 is 73.9. The molecular weight excluding hydrogens is 419 g/mol. The molecule has 3 rings (SSSR count). The van der Waals surface area contributed by atoms with Gasteiger partial charge in [-0.3, -0.25) is 4.31 Å². The van der Waals surface area contributed by atoms with Gasteiger partial charge in [0.15, 0.2) is 0 Å². The summed E-state index contributed by atoms with van der Waals surface area (Å²) in [5.41, 5.74) is 1.13. The minimum absolute atomic E-state index is 0.0380. The van der Waals surface area contributed by atoms with E-state index in [1.807, 2.05) is 6.07 Å². The quantitative estimate of drug-likeness (QED) is 0.523. The molecule has 0 aliphatic rings. The van der Waals surface area contributed by atoms with Crippen molar-refractivity contribution in [3.63, 3.8) is 0 Å². The van der Waals surface area contributed by atoms with Crippen LogP contribution >= 0.6 is 0 Å². The molecule has 0 amide bonds. The van der Waals surface area contributed by atoms with Crippen LogP contribution in [-0.2, 0) is 16.6 Å². The molecule has 0 aromatic heterocycles. The van der Waals surface area contributed by atoms with Crippen molar-refractivity contribution in [1.29, 1.82) is 0 Å². The van der Waals surface area contributed by atoms with Gasteiger partial charge in [-0.1, -0.05) is 30.3 Å².